The number of hydrogen-bond donors (Lipinski definition) is 2. The van der Waals surface area contributed by atoms with Gasteiger partial charge in [-0.2, -0.15) is 40.9 Å². The number of halogens is 9. The number of rotatable bonds is 12. The molecule has 2 heterocycles. The normalized spacial score (nSPS) is 17.2. The Morgan fingerprint density at radius 1 is 1.15 bits per heavy atom. The Hall–Kier alpha value is -5.27. The quantitative estimate of drug-likeness (QED) is 0.0621. The summed E-state index contributed by atoms with van der Waals surface area (Å²) in [5.41, 5.74) is 3.34. The summed E-state index contributed by atoms with van der Waals surface area (Å²) in [4.78, 5) is 34.4. The van der Waals surface area contributed by atoms with Crippen LogP contribution in [-0.4, -0.2) is 70.6 Å². The van der Waals surface area contributed by atoms with Gasteiger partial charge in [-0.3, -0.25) is 14.7 Å². The van der Waals surface area contributed by atoms with Gasteiger partial charge in [-0.1, -0.05) is 57.5 Å². The lowest BCUT2D eigenvalue weighted by Gasteiger charge is -2.29. The molecule has 2 aliphatic rings. The van der Waals surface area contributed by atoms with Crippen LogP contribution >= 0.6 is 11.6 Å². The van der Waals surface area contributed by atoms with Crippen molar-refractivity contribution in [1.29, 1.82) is 0 Å². The first-order chi connectivity index (χ1) is 25.6. The van der Waals surface area contributed by atoms with Crippen LogP contribution < -0.4 is 16.1 Å². The molecule has 2 aromatic carbocycles. The Morgan fingerprint density at radius 2 is 1.80 bits per heavy atom. The van der Waals surface area contributed by atoms with E-state index in [0.717, 1.165) is 35.4 Å². The summed E-state index contributed by atoms with van der Waals surface area (Å²) in [6.07, 6.45) is -5.42. The average molecular weight is 806 g/mol. The van der Waals surface area contributed by atoms with Crippen molar-refractivity contribution in [3.63, 3.8) is 0 Å². The third-order valence-electron chi connectivity index (χ3n) is 7.74. The third kappa shape index (κ3) is 10.3. The summed E-state index contributed by atoms with van der Waals surface area (Å²) in [6.45, 7) is 4.75. The van der Waals surface area contributed by atoms with E-state index < -0.39 is 85.8 Å². The number of carbonyl (C=O) groups is 2. The monoisotopic (exact) mass is 805 g/mol. The van der Waals surface area contributed by atoms with Crippen LogP contribution in [0.3, 0.4) is 0 Å². The van der Waals surface area contributed by atoms with E-state index in [-0.39, 0.29) is 32.4 Å². The molecule has 0 bridgehead atoms. The highest BCUT2D eigenvalue weighted by Crippen LogP contribution is 2.49. The molecule has 2 unspecified atom stereocenters. The van der Waals surface area contributed by atoms with Gasteiger partial charge in [0.1, 0.15) is 24.3 Å². The van der Waals surface area contributed by atoms with Crippen molar-refractivity contribution >= 4 is 48.3 Å². The minimum Gasteiger partial charge on any atom is -0.447 e. The van der Waals surface area contributed by atoms with Crippen molar-refractivity contribution in [2.75, 3.05) is 11.6 Å². The molecule has 1 aliphatic carbocycles. The number of benzene rings is 2. The van der Waals surface area contributed by atoms with Crippen molar-refractivity contribution in [2.24, 2.45) is 26.2 Å². The van der Waals surface area contributed by atoms with E-state index in [2.05, 4.69) is 54.6 Å². The summed E-state index contributed by atoms with van der Waals surface area (Å²) in [7, 11) is 0. The number of guanidine groups is 1. The van der Waals surface area contributed by atoms with E-state index in [1.807, 2.05) is 0 Å². The number of alkyl halides is 7. The van der Waals surface area contributed by atoms with Crippen LogP contribution in [-0.2, 0) is 9.53 Å². The number of hydrogen-bond acceptors (Lipinski definition) is 8. The number of nitrogens with one attached hydrogen (secondary N) is 1. The molecule has 298 valence electrons. The van der Waals surface area contributed by atoms with Gasteiger partial charge in [-0.05, 0) is 54.8 Å². The molecule has 0 spiro atoms. The van der Waals surface area contributed by atoms with Gasteiger partial charge in [0, 0.05) is 17.3 Å². The van der Waals surface area contributed by atoms with E-state index in [1.165, 1.54) is 18.2 Å². The molecule has 2 atom stereocenters. The number of hydrazone groups is 1. The first-order valence-electron chi connectivity index (χ1n) is 16.2. The standard InChI is InChI=1S/C29H24ClF8N9O3.C5H12/c1-40-13-41-47(25(34)35)20-11-15(3-5-17(20)30)21(12-50-27(49)43-28(7-8-28)29(36,37)38)46-23(48)22(42-26(46)39)16-4-2-14(10-18(16)31)19-6-9-45(44-19)24(32)33;1-5(2,3)4/h2-6,9-11,13,21-22,24-25H,1,7-8,12H2,(H2,39,42)(H,43,49);1-4H3/b41-13-;. The molecular formula is C34H36ClF8N9O3. The molecule has 0 radical (unpaired) electrons. The lowest BCUT2D eigenvalue weighted by molar-refractivity contribution is -0.164. The first kappa shape index (κ1) is 42.5. The summed E-state index contributed by atoms with van der Waals surface area (Å²) in [6, 6.07) is 4.79. The number of ether oxygens (including phenoxy) is 1. The highest BCUT2D eigenvalue weighted by molar-refractivity contribution is 6.33. The molecular weight excluding hydrogens is 770 g/mol. The van der Waals surface area contributed by atoms with E-state index in [9.17, 15) is 40.3 Å². The number of alkyl carbamates (subject to hydrolysis) is 1. The number of anilines is 1. The summed E-state index contributed by atoms with van der Waals surface area (Å²) in [5.74, 6) is -2.57. The van der Waals surface area contributed by atoms with Crippen molar-refractivity contribution in [3.05, 3.63) is 70.6 Å². The second-order valence-electron chi connectivity index (χ2n) is 13.9. The Labute approximate surface area is 314 Å². The van der Waals surface area contributed by atoms with E-state index in [1.54, 1.807) is 5.32 Å². The number of aromatic nitrogens is 2. The fourth-order valence-corrected chi connectivity index (χ4v) is 5.26. The zero-order valence-electron chi connectivity index (χ0n) is 29.7. The molecule has 1 saturated carbocycles. The fourth-order valence-electron chi connectivity index (χ4n) is 5.05. The van der Waals surface area contributed by atoms with Crippen LogP contribution in [0.1, 0.15) is 70.3 Å². The Morgan fingerprint density at radius 3 is 2.33 bits per heavy atom. The van der Waals surface area contributed by atoms with Gasteiger partial charge >= 0.3 is 25.4 Å². The number of aliphatic imine (C=N–C) groups is 2. The average Bonchev–Trinajstić information content (AvgIpc) is 3.59. The number of carbonyl (C=O) groups excluding carboxylic acids is 2. The van der Waals surface area contributed by atoms with Gasteiger partial charge in [-0.15, -0.1) is 0 Å². The van der Waals surface area contributed by atoms with Crippen LogP contribution in [0.2, 0.25) is 5.02 Å². The maximum atomic E-state index is 15.4. The summed E-state index contributed by atoms with van der Waals surface area (Å²) >= 11 is 6.17. The van der Waals surface area contributed by atoms with Gasteiger partial charge < -0.3 is 15.8 Å². The van der Waals surface area contributed by atoms with E-state index >= 15 is 4.39 Å². The molecule has 5 rings (SSSR count). The summed E-state index contributed by atoms with van der Waals surface area (Å²) < 4.78 is 115. The second-order valence-corrected chi connectivity index (χ2v) is 14.3. The van der Waals surface area contributed by atoms with E-state index in [4.69, 9.17) is 22.1 Å². The SMILES string of the molecule is C=N/C=N\N(c1cc(C(COC(=O)NC2(C(F)(F)F)CC2)N2C(=O)C(c3ccc(-c4ccn(C(F)F)n4)cc3F)N=C2N)ccc1Cl)C(F)F.CC(C)(C)C. The van der Waals surface area contributed by atoms with Crippen LogP contribution in [0.5, 0.6) is 0 Å². The highest BCUT2D eigenvalue weighted by atomic mass is 35.5. The maximum Gasteiger partial charge on any atom is 0.411 e. The van der Waals surface area contributed by atoms with Gasteiger partial charge in [0.2, 0.25) is 0 Å². The third-order valence-corrected chi connectivity index (χ3v) is 8.06. The van der Waals surface area contributed by atoms with Gasteiger partial charge in [0.15, 0.2) is 12.0 Å². The molecule has 3 aromatic rings. The number of nitrogens with two attached hydrogens (primary N) is 1. The van der Waals surface area contributed by atoms with Crippen LogP contribution in [0.4, 0.5) is 45.6 Å². The lowest BCUT2D eigenvalue weighted by Crippen LogP contribution is -2.49. The Balaban J connectivity index is 0.00000126. The topological polar surface area (TPSA) is 143 Å². The molecule has 12 nitrogen and oxygen atoms in total. The molecule has 3 N–H and O–H groups in total. The van der Waals surface area contributed by atoms with Crippen molar-refractivity contribution in [2.45, 2.75) is 77.4 Å². The van der Waals surface area contributed by atoms with Crippen LogP contribution in [0.15, 0.2) is 63.7 Å². The fraction of sp³-hybridized carbons (Fsp3) is 0.412. The predicted molar refractivity (Wildman–Crippen MR) is 188 cm³/mol. The van der Waals surface area contributed by atoms with E-state index in [0.29, 0.717) is 16.4 Å². The Kier molecular flexibility index (Phi) is 12.8. The predicted octanol–water partition coefficient (Wildman–Crippen LogP) is 8.22. The number of amides is 2. The molecule has 1 fully saturated rings. The minimum absolute atomic E-state index is 0.00304. The van der Waals surface area contributed by atoms with Crippen LogP contribution in [0, 0.1) is 11.2 Å². The molecule has 55 heavy (non-hydrogen) atoms. The zero-order valence-corrected chi connectivity index (χ0v) is 30.4. The highest BCUT2D eigenvalue weighted by Gasteiger charge is 2.64. The summed E-state index contributed by atoms with van der Waals surface area (Å²) in [5, 5.41) is 8.79. The van der Waals surface area contributed by atoms with Crippen LogP contribution in [0.25, 0.3) is 11.3 Å². The molecule has 1 aromatic heterocycles. The van der Waals surface area contributed by atoms with Gasteiger partial charge in [0.25, 0.3) is 5.91 Å². The Bertz CT molecular complexity index is 1940. The molecule has 0 saturated heterocycles. The molecule has 2 amide bonds. The minimum atomic E-state index is -4.78. The second kappa shape index (κ2) is 16.6. The van der Waals surface area contributed by atoms with Crippen molar-refractivity contribution in [1.82, 2.24) is 20.0 Å². The maximum absolute atomic E-state index is 15.4. The lowest BCUT2D eigenvalue weighted by atomic mass is 10.0. The van der Waals surface area contributed by atoms with Gasteiger partial charge in [0.05, 0.1) is 22.4 Å². The zero-order chi connectivity index (χ0) is 41.0. The smallest absolute Gasteiger partial charge is 0.411 e. The van der Waals surface area contributed by atoms with Crippen molar-refractivity contribution < 1.29 is 49.4 Å². The largest absolute Gasteiger partial charge is 0.447 e. The van der Waals surface area contributed by atoms with Crippen molar-refractivity contribution in [3.8, 4) is 11.3 Å². The molecule has 1 aliphatic heterocycles. The van der Waals surface area contributed by atoms with Gasteiger partial charge in [-0.25, -0.2) is 23.9 Å². The number of nitrogens with zero attached hydrogens (tertiary/aromatic N) is 7. The first-order valence-corrected chi connectivity index (χ1v) is 16.6. The molecule has 21 heteroatoms.